The van der Waals surface area contributed by atoms with Gasteiger partial charge in [-0.3, -0.25) is 0 Å². The van der Waals surface area contributed by atoms with Gasteiger partial charge < -0.3 is 10.2 Å². The highest BCUT2D eigenvalue weighted by Gasteiger charge is 2.46. The van der Waals surface area contributed by atoms with E-state index in [0.29, 0.717) is 0 Å². The summed E-state index contributed by atoms with van der Waals surface area (Å²) in [6.45, 7) is 0. The normalized spacial score (nSPS) is 13.6. The van der Waals surface area contributed by atoms with E-state index in [4.69, 9.17) is 10.2 Å². The number of alkyl halides is 6. The molecule has 2 N–H and O–H groups in total. The number of phenolic OH excluding ortho intramolecular Hbond substituents is 2. The van der Waals surface area contributed by atoms with E-state index in [-0.39, 0.29) is 11.5 Å². The van der Waals surface area contributed by atoms with Crippen molar-refractivity contribution < 1.29 is 36.6 Å². The van der Waals surface area contributed by atoms with Crippen molar-refractivity contribution in [2.24, 2.45) is 0 Å². The molecule has 0 radical (unpaired) electrons. The molecule has 2 nitrogen and oxygen atoms in total. The summed E-state index contributed by atoms with van der Waals surface area (Å²) in [4.78, 5) is 0. The van der Waals surface area contributed by atoms with E-state index in [1.54, 1.807) is 0 Å². The number of allylic oxidation sites excluding steroid dienone is 2. The van der Waals surface area contributed by atoms with Gasteiger partial charge in [0.15, 0.2) is 0 Å². The monoisotopic (exact) mass is 348 g/mol. The van der Waals surface area contributed by atoms with Gasteiger partial charge in [0.25, 0.3) is 0 Å². The fourth-order valence-corrected chi connectivity index (χ4v) is 2.16. The minimum atomic E-state index is -5.29. The van der Waals surface area contributed by atoms with E-state index in [1.807, 2.05) is 0 Å². The second kappa shape index (κ2) is 6.10. The highest BCUT2D eigenvalue weighted by molar-refractivity contribution is 5.95. The number of halogens is 6. The Morgan fingerprint density at radius 2 is 0.792 bits per heavy atom. The van der Waals surface area contributed by atoms with E-state index in [1.165, 1.54) is 0 Å². The van der Waals surface area contributed by atoms with E-state index in [0.717, 1.165) is 48.5 Å². The Balaban J connectivity index is 2.83. The minimum absolute atomic E-state index is 0.376. The van der Waals surface area contributed by atoms with Crippen LogP contribution in [0.3, 0.4) is 0 Å². The molecular formula is C16H10F6O2. The second-order valence-electron chi connectivity index (χ2n) is 4.84. The first-order valence-electron chi connectivity index (χ1n) is 6.47. The molecule has 0 aliphatic heterocycles. The Bertz CT molecular complexity index is 675. The highest BCUT2D eigenvalue weighted by Crippen LogP contribution is 2.46. The van der Waals surface area contributed by atoms with Gasteiger partial charge in [0.05, 0.1) is 11.1 Å². The SMILES string of the molecule is Oc1ccc(/C(=C(/c2ccc(O)cc2)C(F)(F)F)C(F)(F)F)cc1. The molecule has 0 heterocycles. The molecule has 0 spiro atoms. The van der Waals surface area contributed by atoms with Crippen LogP contribution in [0.1, 0.15) is 11.1 Å². The van der Waals surface area contributed by atoms with Gasteiger partial charge in [0.2, 0.25) is 0 Å². The van der Waals surface area contributed by atoms with Gasteiger partial charge in [-0.05, 0) is 35.4 Å². The van der Waals surface area contributed by atoms with Crippen LogP contribution in [0.4, 0.5) is 26.3 Å². The molecule has 2 aromatic carbocycles. The summed E-state index contributed by atoms with van der Waals surface area (Å²) >= 11 is 0. The van der Waals surface area contributed by atoms with Crippen molar-refractivity contribution in [3.63, 3.8) is 0 Å². The first-order valence-corrected chi connectivity index (χ1v) is 6.47. The lowest BCUT2D eigenvalue weighted by Crippen LogP contribution is -2.20. The molecule has 2 aromatic rings. The Labute approximate surface area is 132 Å². The van der Waals surface area contributed by atoms with Crippen LogP contribution in [0, 0.1) is 0 Å². The molecule has 0 fully saturated rings. The van der Waals surface area contributed by atoms with Crippen LogP contribution in [0.5, 0.6) is 11.5 Å². The van der Waals surface area contributed by atoms with Crippen molar-refractivity contribution in [1.29, 1.82) is 0 Å². The van der Waals surface area contributed by atoms with E-state index in [2.05, 4.69) is 0 Å². The standard InChI is InChI=1S/C16H10F6O2/c17-15(18,19)13(9-1-5-11(23)6-2-9)14(16(20,21)22)10-3-7-12(24)8-4-10/h1-8,23-24H/b14-13+. The van der Waals surface area contributed by atoms with Crippen molar-refractivity contribution in [3.8, 4) is 11.5 Å². The van der Waals surface area contributed by atoms with Crippen LogP contribution in [0.25, 0.3) is 11.1 Å². The van der Waals surface area contributed by atoms with E-state index >= 15 is 0 Å². The molecule has 0 aromatic heterocycles. The molecule has 0 amide bonds. The number of aromatic hydroxyl groups is 2. The zero-order valence-corrected chi connectivity index (χ0v) is 11.8. The molecule has 0 atom stereocenters. The van der Waals surface area contributed by atoms with Crippen molar-refractivity contribution in [1.82, 2.24) is 0 Å². The third kappa shape index (κ3) is 3.81. The molecule has 0 saturated carbocycles. The molecule has 0 aliphatic rings. The number of benzene rings is 2. The summed E-state index contributed by atoms with van der Waals surface area (Å²) in [7, 11) is 0. The van der Waals surface area contributed by atoms with Crippen molar-refractivity contribution in [3.05, 3.63) is 59.7 Å². The first kappa shape index (κ1) is 17.7. The van der Waals surface area contributed by atoms with Crippen molar-refractivity contribution >= 4 is 11.1 Å². The lowest BCUT2D eigenvalue weighted by Gasteiger charge is -2.21. The van der Waals surface area contributed by atoms with Gasteiger partial charge in [0.1, 0.15) is 11.5 Å². The lowest BCUT2D eigenvalue weighted by molar-refractivity contribution is -0.0828. The Morgan fingerprint density at radius 3 is 1.00 bits per heavy atom. The molecule has 8 heteroatoms. The maximum absolute atomic E-state index is 13.4. The second-order valence-corrected chi connectivity index (χ2v) is 4.84. The van der Waals surface area contributed by atoms with Crippen LogP contribution in [0.15, 0.2) is 48.5 Å². The van der Waals surface area contributed by atoms with E-state index in [9.17, 15) is 26.3 Å². The van der Waals surface area contributed by atoms with Crippen LogP contribution in [0.2, 0.25) is 0 Å². The van der Waals surface area contributed by atoms with E-state index < -0.39 is 34.6 Å². The van der Waals surface area contributed by atoms with Crippen molar-refractivity contribution in [2.45, 2.75) is 12.4 Å². The van der Waals surface area contributed by atoms with Gasteiger partial charge in [0, 0.05) is 0 Å². The predicted molar refractivity (Wildman–Crippen MR) is 75.1 cm³/mol. The molecular weight excluding hydrogens is 338 g/mol. The van der Waals surface area contributed by atoms with Gasteiger partial charge in [-0.1, -0.05) is 24.3 Å². The van der Waals surface area contributed by atoms with Gasteiger partial charge in [-0.25, -0.2) is 0 Å². The summed E-state index contributed by atoms with van der Waals surface area (Å²) in [5, 5.41) is 18.3. The van der Waals surface area contributed by atoms with Crippen LogP contribution >= 0.6 is 0 Å². The number of rotatable bonds is 2. The molecule has 0 bridgehead atoms. The largest absolute Gasteiger partial charge is 0.508 e. The molecule has 0 aliphatic carbocycles. The molecule has 0 unspecified atom stereocenters. The Morgan fingerprint density at radius 1 is 0.542 bits per heavy atom. The fraction of sp³-hybridized carbons (Fsp3) is 0.125. The average Bonchev–Trinajstić information content (AvgIpc) is 2.45. The highest BCUT2D eigenvalue weighted by atomic mass is 19.4. The molecule has 2 rings (SSSR count). The predicted octanol–water partition coefficient (Wildman–Crippen LogP) is 5.13. The zero-order valence-electron chi connectivity index (χ0n) is 11.8. The minimum Gasteiger partial charge on any atom is -0.508 e. The summed E-state index contributed by atoms with van der Waals surface area (Å²) in [6.07, 6.45) is -10.6. The lowest BCUT2D eigenvalue weighted by atomic mass is 9.93. The van der Waals surface area contributed by atoms with Gasteiger partial charge >= 0.3 is 12.4 Å². The summed E-state index contributed by atoms with van der Waals surface area (Å²) < 4.78 is 80.3. The first-order chi connectivity index (χ1) is 11.0. The van der Waals surface area contributed by atoms with Crippen LogP contribution in [-0.4, -0.2) is 22.6 Å². The Kier molecular flexibility index (Phi) is 4.50. The fourth-order valence-electron chi connectivity index (χ4n) is 2.16. The average molecular weight is 348 g/mol. The zero-order chi connectivity index (χ0) is 18.1. The number of hydrogen-bond acceptors (Lipinski definition) is 2. The maximum atomic E-state index is 13.4. The maximum Gasteiger partial charge on any atom is 0.417 e. The van der Waals surface area contributed by atoms with Crippen LogP contribution in [-0.2, 0) is 0 Å². The molecule has 24 heavy (non-hydrogen) atoms. The third-order valence-corrected chi connectivity index (χ3v) is 3.13. The Hall–Kier alpha value is -2.64. The topological polar surface area (TPSA) is 40.5 Å². The van der Waals surface area contributed by atoms with Crippen molar-refractivity contribution in [2.75, 3.05) is 0 Å². The summed E-state index contributed by atoms with van der Waals surface area (Å²) in [5.41, 5.74) is -5.22. The third-order valence-electron chi connectivity index (χ3n) is 3.13. The number of phenols is 2. The van der Waals surface area contributed by atoms with Gasteiger partial charge in [-0.2, -0.15) is 26.3 Å². The van der Waals surface area contributed by atoms with Crippen LogP contribution < -0.4 is 0 Å². The smallest absolute Gasteiger partial charge is 0.417 e. The number of hydrogen-bond donors (Lipinski definition) is 2. The summed E-state index contributed by atoms with van der Waals surface area (Å²) in [6, 6.07) is 6.48. The molecule has 128 valence electrons. The molecule has 0 saturated heterocycles. The quantitative estimate of drug-likeness (QED) is 0.583. The summed E-state index contributed by atoms with van der Waals surface area (Å²) in [5.74, 6) is -0.753. The van der Waals surface area contributed by atoms with Gasteiger partial charge in [-0.15, -0.1) is 0 Å².